The summed E-state index contributed by atoms with van der Waals surface area (Å²) in [6, 6.07) is 6.77. The van der Waals surface area contributed by atoms with E-state index in [1.165, 1.54) is 25.2 Å². The smallest absolute Gasteiger partial charge is 0.267 e. The van der Waals surface area contributed by atoms with Crippen molar-refractivity contribution in [3.63, 3.8) is 0 Å². The van der Waals surface area contributed by atoms with Gasteiger partial charge in [0.15, 0.2) is 16.7 Å². The highest BCUT2D eigenvalue weighted by Crippen LogP contribution is 2.27. The molecule has 3 rings (SSSR count). The molecule has 0 aliphatic carbocycles. The quantitative estimate of drug-likeness (QED) is 0.628. The van der Waals surface area contributed by atoms with Gasteiger partial charge in [0.1, 0.15) is 11.5 Å². The molecule has 0 radical (unpaired) electrons. The van der Waals surface area contributed by atoms with Crippen molar-refractivity contribution in [1.82, 2.24) is 10.3 Å². The second-order valence-electron chi connectivity index (χ2n) is 5.39. The van der Waals surface area contributed by atoms with E-state index in [-0.39, 0.29) is 17.6 Å². The van der Waals surface area contributed by atoms with Crippen LogP contribution < -0.4 is 10.6 Å². The van der Waals surface area contributed by atoms with Gasteiger partial charge in [-0.2, -0.15) is 0 Å². The van der Waals surface area contributed by atoms with Crippen LogP contribution in [0, 0.1) is 0 Å². The van der Waals surface area contributed by atoms with Crippen LogP contribution in [0.25, 0.3) is 11.5 Å². The van der Waals surface area contributed by atoms with E-state index in [1.54, 1.807) is 29.6 Å². The first-order valence-electron chi connectivity index (χ1n) is 7.63. The standard InChI is InChI=1S/C17H15N3O4S2/c1-9(21)14-5-6-15(26-14)16(23)20-17-19-12(8-25-17)13-4-3-11(24-13)7-18-10(2)22/h3-6,8H,7H2,1-2H3,(H,18,22)(H,19,20,23). The fourth-order valence-electron chi connectivity index (χ4n) is 2.07. The monoisotopic (exact) mass is 389 g/mol. The number of nitrogens with one attached hydrogen (secondary N) is 2. The molecule has 2 amide bonds. The summed E-state index contributed by atoms with van der Waals surface area (Å²) in [7, 11) is 0. The molecule has 3 aromatic rings. The molecule has 0 unspecified atom stereocenters. The molecule has 0 fully saturated rings. The van der Waals surface area contributed by atoms with Crippen LogP contribution in [0.5, 0.6) is 0 Å². The predicted molar refractivity (Wildman–Crippen MR) is 99.6 cm³/mol. The molecule has 26 heavy (non-hydrogen) atoms. The summed E-state index contributed by atoms with van der Waals surface area (Å²) < 4.78 is 5.63. The predicted octanol–water partition coefficient (Wildman–Crippen LogP) is 3.56. The Bertz CT molecular complexity index is 970. The highest BCUT2D eigenvalue weighted by Gasteiger charge is 2.15. The Morgan fingerprint density at radius 2 is 1.88 bits per heavy atom. The molecular weight excluding hydrogens is 374 g/mol. The highest BCUT2D eigenvalue weighted by molar-refractivity contribution is 7.16. The lowest BCUT2D eigenvalue weighted by molar-refractivity contribution is -0.119. The van der Waals surface area contributed by atoms with Gasteiger partial charge in [0.05, 0.1) is 16.3 Å². The number of hydrogen-bond acceptors (Lipinski definition) is 7. The summed E-state index contributed by atoms with van der Waals surface area (Å²) >= 11 is 2.42. The van der Waals surface area contributed by atoms with E-state index in [1.807, 2.05) is 0 Å². The molecule has 7 nitrogen and oxygen atoms in total. The van der Waals surface area contributed by atoms with Gasteiger partial charge in [0.2, 0.25) is 5.91 Å². The Balaban J connectivity index is 1.66. The molecule has 3 aromatic heterocycles. The minimum absolute atomic E-state index is 0.0709. The number of ketones is 1. The molecule has 0 saturated carbocycles. The van der Waals surface area contributed by atoms with E-state index < -0.39 is 0 Å². The Hall–Kier alpha value is -2.78. The van der Waals surface area contributed by atoms with Crippen LogP contribution in [-0.2, 0) is 11.3 Å². The van der Waals surface area contributed by atoms with Crippen LogP contribution >= 0.6 is 22.7 Å². The van der Waals surface area contributed by atoms with E-state index in [4.69, 9.17) is 4.42 Å². The van der Waals surface area contributed by atoms with Crippen LogP contribution in [0.15, 0.2) is 34.1 Å². The van der Waals surface area contributed by atoms with Crippen molar-refractivity contribution in [2.75, 3.05) is 5.32 Å². The zero-order valence-corrected chi connectivity index (χ0v) is 15.6. The molecular formula is C17H15N3O4S2. The van der Waals surface area contributed by atoms with E-state index in [9.17, 15) is 14.4 Å². The van der Waals surface area contributed by atoms with Gasteiger partial charge in [0.25, 0.3) is 5.91 Å². The lowest BCUT2D eigenvalue weighted by Gasteiger charge is -1.98. The van der Waals surface area contributed by atoms with E-state index in [2.05, 4.69) is 15.6 Å². The van der Waals surface area contributed by atoms with Crippen molar-refractivity contribution in [2.24, 2.45) is 0 Å². The summed E-state index contributed by atoms with van der Waals surface area (Å²) in [5.74, 6) is 0.650. The molecule has 0 spiro atoms. The van der Waals surface area contributed by atoms with Gasteiger partial charge in [0, 0.05) is 12.3 Å². The number of thiophene rings is 1. The third kappa shape index (κ3) is 4.24. The average Bonchev–Trinajstić information content (AvgIpc) is 3.32. The summed E-state index contributed by atoms with van der Waals surface area (Å²) in [5.41, 5.74) is 0.593. The Labute approximate surface area is 157 Å². The zero-order valence-electron chi connectivity index (χ0n) is 14.0. The number of rotatable bonds is 6. The van der Waals surface area contributed by atoms with E-state index in [0.717, 1.165) is 11.3 Å². The first kappa shape index (κ1) is 18.0. The van der Waals surface area contributed by atoms with Crippen molar-refractivity contribution in [3.05, 3.63) is 45.2 Å². The third-order valence-electron chi connectivity index (χ3n) is 3.33. The van der Waals surface area contributed by atoms with Gasteiger partial charge in [-0.05, 0) is 31.2 Å². The first-order chi connectivity index (χ1) is 12.4. The van der Waals surface area contributed by atoms with E-state index in [0.29, 0.717) is 38.6 Å². The fraction of sp³-hybridized carbons (Fsp3) is 0.176. The topological polar surface area (TPSA) is 101 Å². The van der Waals surface area contributed by atoms with Crippen molar-refractivity contribution >= 4 is 45.4 Å². The second kappa shape index (κ2) is 7.63. The number of carbonyl (C=O) groups is 3. The van der Waals surface area contributed by atoms with E-state index >= 15 is 0 Å². The fourth-order valence-corrected chi connectivity index (χ4v) is 3.57. The van der Waals surface area contributed by atoms with Gasteiger partial charge < -0.3 is 9.73 Å². The lowest BCUT2D eigenvalue weighted by Crippen LogP contribution is -2.18. The molecule has 0 aromatic carbocycles. The maximum atomic E-state index is 12.2. The largest absolute Gasteiger partial charge is 0.458 e. The van der Waals surface area contributed by atoms with Crippen molar-refractivity contribution in [2.45, 2.75) is 20.4 Å². The van der Waals surface area contributed by atoms with Crippen molar-refractivity contribution < 1.29 is 18.8 Å². The molecule has 0 saturated heterocycles. The number of thiazole rings is 1. The number of aromatic nitrogens is 1. The molecule has 0 bridgehead atoms. The van der Waals surface area contributed by atoms with Crippen LogP contribution in [0.1, 0.15) is 39.0 Å². The number of hydrogen-bond donors (Lipinski definition) is 2. The van der Waals surface area contributed by atoms with Crippen LogP contribution in [0.4, 0.5) is 5.13 Å². The van der Waals surface area contributed by atoms with Crippen molar-refractivity contribution in [1.29, 1.82) is 0 Å². The van der Waals surface area contributed by atoms with Crippen LogP contribution in [0.3, 0.4) is 0 Å². The molecule has 0 aliphatic rings. The molecule has 0 aliphatic heterocycles. The number of amides is 2. The van der Waals surface area contributed by atoms with Gasteiger partial charge >= 0.3 is 0 Å². The van der Waals surface area contributed by atoms with Gasteiger partial charge in [-0.1, -0.05) is 0 Å². The highest BCUT2D eigenvalue weighted by atomic mass is 32.1. The molecule has 134 valence electrons. The maximum absolute atomic E-state index is 12.2. The number of furan rings is 1. The number of carbonyl (C=O) groups excluding carboxylic acids is 3. The summed E-state index contributed by atoms with van der Waals surface area (Å²) in [6.45, 7) is 3.20. The molecule has 0 atom stereocenters. The summed E-state index contributed by atoms with van der Waals surface area (Å²) in [4.78, 5) is 39.8. The zero-order chi connectivity index (χ0) is 18.7. The molecule has 2 N–H and O–H groups in total. The maximum Gasteiger partial charge on any atom is 0.267 e. The molecule has 3 heterocycles. The lowest BCUT2D eigenvalue weighted by atomic mass is 10.3. The number of Topliss-reactive ketones (excluding diaryl/α,β-unsaturated/α-hetero) is 1. The minimum Gasteiger partial charge on any atom is -0.458 e. The van der Waals surface area contributed by atoms with Gasteiger partial charge in [-0.3, -0.25) is 19.7 Å². The first-order valence-corrected chi connectivity index (χ1v) is 9.33. The SMILES string of the molecule is CC(=O)NCc1ccc(-c2csc(NC(=O)c3ccc(C(C)=O)s3)n2)o1. The summed E-state index contributed by atoms with van der Waals surface area (Å²) in [5, 5.41) is 7.57. The third-order valence-corrected chi connectivity index (χ3v) is 5.27. The van der Waals surface area contributed by atoms with Crippen LogP contribution in [0.2, 0.25) is 0 Å². The Morgan fingerprint density at radius 3 is 2.58 bits per heavy atom. The minimum atomic E-state index is -0.311. The molecule has 9 heteroatoms. The van der Waals surface area contributed by atoms with Gasteiger partial charge in [-0.25, -0.2) is 4.98 Å². The van der Waals surface area contributed by atoms with Crippen LogP contribution in [-0.4, -0.2) is 22.6 Å². The number of anilines is 1. The van der Waals surface area contributed by atoms with Gasteiger partial charge in [-0.15, -0.1) is 22.7 Å². The normalized spacial score (nSPS) is 10.5. The Kier molecular flexibility index (Phi) is 5.29. The second-order valence-corrected chi connectivity index (χ2v) is 7.33. The number of nitrogens with zero attached hydrogens (tertiary/aromatic N) is 1. The van der Waals surface area contributed by atoms with Crippen molar-refractivity contribution in [3.8, 4) is 11.5 Å². The average molecular weight is 389 g/mol. The Morgan fingerprint density at radius 1 is 1.12 bits per heavy atom. The summed E-state index contributed by atoms with van der Waals surface area (Å²) in [6.07, 6.45) is 0.